The van der Waals surface area contributed by atoms with Crippen LogP contribution >= 0.6 is 11.3 Å². The zero-order valence-electron chi connectivity index (χ0n) is 18.8. The van der Waals surface area contributed by atoms with Crippen molar-refractivity contribution in [3.63, 3.8) is 0 Å². The molecule has 3 aromatic carbocycles. The third-order valence-corrected chi connectivity index (χ3v) is 8.47. The van der Waals surface area contributed by atoms with Gasteiger partial charge in [-0.3, -0.25) is 10.1 Å². The molecule has 6 rings (SSSR count). The molecule has 176 valence electrons. The highest BCUT2D eigenvalue weighted by Gasteiger charge is 2.32. The summed E-state index contributed by atoms with van der Waals surface area (Å²) in [7, 11) is -3.85. The van der Waals surface area contributed by atoms with Crippen molar-refractivity contribution >= 4 is 54.7 Å². The summed E-state index contributed by atoms with van der Waals surface area (Å²) in [6.45, 7) is 0.726. The highest BCUT2D eigenvalue weighted by atomic mass is 32.2. The Morgan fingerprint density at radius 3 is 2.71 bits per heavy atom. The van der Waals surface area contributed by atoms with Crippen molar-refractivity contribution in [2.24, 2.45) is 4.40 Å². The number of benzene rings is 3. The van der Waals surface area contributed by atoms with E-state index in [0.717, 1.165) is 47.8 Å². The Bertz CT molecular complexity index is 1610. The molecular formula is C26H22N4O3S2. The van der Waals surface area contributed by atoms with Gasteiger partial charge in [0.15, 0.2) is 5.13 Å². The van der Waals surface area contributed by atoms with Crippen LogP contribution in [0.5, 0.6) is 0 Å². The molecule has 4 aromatic rings. The average Bonchev–Trinajstić information content (AvgIpc) is 3.20. The van der Waals surface area contributed by atoms with Gasteiger partial charge in [-0.25, -0.2) is 4.98 Å². The largest absolute Gasteiger partial charge is 0.328 e. The Balaban J connectivity index is 1.26. The van der Waals surface area contributed by atoms with Gasteiger partial charge in [0.05, 0.1) is 11.4 Å². The molecule has 1 aromatic heterocycles. The first-order valence-electron chi connectivity index (χ1n) is 11.5. The van der Waals surface area contributed by atoms with Gasteiger partial charge in [0.2, 0.25) is 0 Å². The molecule has 7 nitrogen and oxygen atoms in total. The Morgan fingerprint density at radius 2 is 1.83 bits per heavy atom. The lowest BCUT2D eigenvalue weighted by Gasteiger charge is -2.29. The van der Waals surface area contributed by atoms with Gasteiger partial charge in [-0.1, -0.05) is 42.8 Å². The van der Waals surface area contributed by atoms with Gasteiger partial charge in [-0.05, 0) is 47.9 Å². The van der Waals surface area contributed by atoms with E-state index in [1.807, 2.05) is 34.5 Å². The summed E-state index contributed by atoms with van der Waals surface area (Å²) in [6.07, 6.45) is 3.59. The van der Waals surface area contributed by atoms with Gasteiger partial charge in [0.1, 0.15) is 10.7 Å². The summed E-state index contributed by atoms with van der Waals surface area (Å²) in [5.41, 5.74) is 2.59. The van der Waals surface area contributed by atoms with Crippen LogP contribution in [0.15, 0.2) is 75.3 Å². The fourth-order valence-electron chi connectivity index (χ4n) is 4.60. The highest BCUT2D eigenvalue weighted by Crippen LogP contribution is 2.35. The molecule has 3 heterocycles. The number of nitrogens with zero attached hydrogens (tertiary/aromatic N) is 3. The standard InChI is InChI=1S/C26H22N4O3S2/c31-25(28-26-27-21(16-34-26)19-10-9-17-6-3-4-7-18(17)14-19)20-11-12-22-23(15-20)35(32,33)29-24-8-2-1-5-13-30(22)24/h3-4,6-7,9-12,14-16H,1-2,5,8,13H2,(H,27,28,31). The molecule has 1 fully saturated rings. The van der Waals surface area contributed by atoms with Crippen LogP contribution < -0.4 is 10.2 Å². The second kappa shape index (κ2) is 8.58. The maximum absolute atomic E-state index is 13.0. The second-order valence-electron chi connectivity index (χ2n) is 8.68. The lowest BCUT2D eigenvalue weighted by molar-refractivity contribution is 0.102. The fourth-order valence-corrected chi connectivity index (χ4v) is 6.60. The molecule has 35 heavy (non-hydrogen) atoms. The Morgan fingerprint density at radius 1 is 0.971 bits per heavy atom. The molecule has 0 aliphatic carbocycles. The van der Waals surface area contributed by atoms with Crippen LogP contribution in [0.4, 0.5) is 10.8 Å². The molecular weight excluding hydrogens is 480 g/mol. The van der Waals surface area contributed by atoms with E-state index < -0.39 is 15.9 Å². The first-order chi connectivity index (χ1) is 17.0. The summed E-state index contributed by atoms with van der Waals surface area (Å²) in [6, 6.07) is 19.0. The lowest BCUT2D eigenvalue weighted by Crippen LogP contribution is -2.35. The van der Waals surface area contributed by atoms with Gasteiger partial charge in [0.25, 0.3) is 15.9 Å². The molecule has 1 saturated heterocycles. The number of sulfonamides is 1. The maximum atomic E-state index is 13.0. The first kappa shape index (κ1) is 21.9. The Hall–Kier alpha value is -3.56. The van der Waals surface area contributed by atoms with Crippen molar-refractivity contribution in [2.75, 3.05) is 16.8 Å². The monoisotopic (exact) mass is 502 g/mol. The topological polar surface area (TPSA) is 91.7 Å². The number of carbonyl (C=O) groups excluding carboxylic acids is 1. The summed E-state index contributed by atoms with van der Waals surface area (Å²) in [5.74, 6) is 0.185. The minimum atomic E-state index is -3.85. The van der Waals surface area contributed by atoms with Crippen LogP contribution in [-0.4, -0.2) is 31.7 Å². The molecule has 0 spiro atoms. The van der Waals surface area contributed by atoms with E-state index in [0.29, 0.717) is 23.1 Å². The Labute approximate surface area is 207 Å². The number of carbonyl (C=O) groups is 1. The highest BCUT2D eigenvalue weighted by molar-refractivity contribution is 7.90. The number of fused-ring (bicyclic) bond motifs is 4. The first-order valence-corrected chi connectivity index (χ1v) is 13.8. The van der Waals surface area contributed by atoms with Crippen molar-refractivity contribution in [3.8, 4) is 11.3 Å². The van der Waals surface area contributed by atoms with E-state index in [-0.39, 0.29) is 10.5 Å². The maximum Gasteiger partial charge on any atom is 0.286 e. The minimum Gasteiger partial charge on any atom is -0.328 e. The normalized spacial score (nSPS) is 16.7. The van der Waals surface area contributed by atoms with E-state index in [2.05, 4.69) is 32.9 Å². The quantitative estimate of drug-likeness (QED) is 0.388. The lowest BCUT2D eigenvalue weighted by atomic mass is 10.1. The zero-order valence-corrected chi connectivity index (χ0v) is 20.4. The molecule has 0 saturated carbocycles. The number of anilines is 2. The van der Waals surface area contributed by atoms with Crippen LogP contribution in [0.25, 0.3) is 22.0 Å². The molecule has 0 unspecified atom stereocenters. The number of amides is 1. The summed E-state index contributed by atoms with van der Waals surface area (Å²) in [4.78, 5) is 19.6. The van der Waals surface area contributed by atoms with E-state index in [1.54, 1.807) is 12.1 Å². The fraction of sp³-hybridized carbons (Fsp3) is 0.192. The number of hydrogen-bond donors (Lipinski definition) is 1. The smallest absolute Gasteiger partial charge is 0.286 e. The van der Waals surface area contributed by atoms with Crippen molar-refractivity contribution in [1.82, 2.24) is 4.98 Å². The molecule has 0 atom stereocenters. The minimum absolute atomic E-state index is 0.0757. The van der Waals surface area contributed by atoms with Crippen molar-refractivity contribution < 1.29 is 13.2 Å². The molecule has 1 N–H and O–H groups in total. The third-order valence-electron chi connectivity index (χ3n) is 6.38. The predicted molar refractivity (Wildman–Crippen MR) is 140 cm³/mol. The van der Waals surface area contributed by atoms with Gasteiger partial charge >= 0.3 is 0 Å². The summed E-state index contributed by atoms with van der Waals surface area (Å²) in [5, 5.41) is 7.43. The van der Waals surface area contributed by atoms with E-state index in [4.69, 9.17) is 0 Å². The molecule has 0 radical (unpaired) electrons. The van der Waals surface area contributed by atoms with Gasteiger partial charge in [-0.2, -0.15) is 8.42 Å². The summed E-state index contributed by atoms with van der Waals surface area (Å²) < 4.78 is 29.8. The molecule has 1 amide bonds. The molecule has 0 bridgehead atoms. The van der Waals surface area contributed by atoms with Gasteiger partial charge in [-0.15, -0.1) is 15.7 Å². The number of rotatable bonds is 3. The van der Waals surface area contributed by atoms with E-state index in [9.17, 15) is 13.2 Å². The predicted octanol–water partition coefficient (Wildman–Crippen LogP) is 5.70. The second-order valence-corrected chi connectivity index (χ2v) is 11.1. The number of aromatic nitrogens is 1. The molecule has 9 heteroatoms. The van der Waals surface area contributed by atoms with Gasteiger partial charge in [0, 0.05) is 29.5 Å². The van der Waals surface area contributed by atoms with Crippen molar-refractivity contribution in [2.45, 2.75) is 30.6 Å². The van der Waals surface area contributed by atoms with Gasteiger partial charge < -0.3 is 4.90 Å². The number of thiazole rings is 1. The van der Waals surface area contributed by atoms with Crippen LogP contribution in [0.1, 0.15) is 36.0 Å². The molecule has 2 aliphatic heterocycles. The molecule has 2 aliphatic rings. The van der Waals surface area contributed by atoms with E-state index >= 15 is 0 Å². The van der Waals surface area contributed by atoms with Crippen LogP contribution in [0.3, 0.4) is 0 Å². The average molecular weight is 503 g/mol. The van der Waals surface area contributed by atoms with E-state index in [1.165, 1.54) is 17.4 Å². The van der Waals surface area contributed by atoms with Crippen LogP contribution in [0, 0.1) is 0 Å². The zero-order chi connectivity index (χ0) is 24.0. The van der Waals surface area contributed by atoms with Crippen LogP contribution in [-0.2, 0) is 10.0 Å². The van der Waals surface area contributed by atoms with Crippen molar-refractivity contribution in [1.29, 1.82) is 0 Å². The van der Waals surface area contributed by atoms with Crippen LogP contribution in [0.2, 0.25) is 0 Å². The SMILES string of the molecule is O=C(Nc1nc(-c2ccc3ccccc3c2)cs1)c1ccc2c(c1)S(=O)(=O)N=C1CCCCCN12. The third kappa shape index (κ3) is 4.11. The number of nitrogens with one attached hydrogen (secondary N) is 1. The van der Waals surface area contributed by atoms with Crippen molar-refractivity contribution in [3.05, 3.63) is 71.6 Å². The Kier molecular flexibility index (Phi) is 5.38. The summed E-state index contributed by atoms with van der Waals surface area (Å²) >= 11 is 1.33. The number of hydrogen-bond acceptors (Lipinski definition) is 6. The number of amidine groups is 1.